The van der Waals surface area contributed by atoms with Crippen molar-refractivity contribution in [1.82, 2.24) is 4.98 Å². The van der Waals surface area contributed by atoms with Crippen molar-refractivity contribution in [3.63, 3.8) is 0 Å². The van der Waals surface area contributed by atoms with E-state index in [0.717, 1.165) is 4.70 Å². The Morgan fingerprint density at radius 2 is 1.55 bits per heavy atom. The number of hydrogen-bond acceptors (Lipinski definition) is 8. The van der Waals surface area contributed by atoms with E-state index < -0.39 is 17.7 Å². The number of nitrogens with zero attached hydrogens (tertiary/aromatic N) is 2. The molecular weight excluding hydrogens is 504 g/mol. The van der Waals surface area contributed by atoms with Gasteiger partial charge in [0.05, 0.1) is 42.2 Å². The number of anilines is 1. The fraction of sp³-hybridized carbons (Fsp3) is 0.207. The Hall–Kier alpha value is -4.37. The third kappa shape index (κ3) is 4.56. The number of aromatic nitrogens is 1. The summed E-state index contributed by atoms with van der Waals surface area (Å²) < 4.78 is 17.2. The minimum Gasteiger partial charge on any atom is -0.507 e. The fourth-order valence-electron chi connectivity index (χ4n) is 4.41. The van der Waals surface area contributed by atoms with E-state index in [1.165, 1.54) is 16.2 Å². The summed E-state index contributed by atoms with van der Waals surface area (Å²) >= 11 is 1.28. The summed E-state index contributed by atoms with van der Waals surface area (Å²) in [6.07, 6.45) is 0. The van der Waals surface area contributed by atoms with Gasteiger partial charge in [-0.2, -0.15) is 0 Å². The number of methoxy groups -OCH3 is 1. The van der Waals surface area contributed by atoms with Gasteiger partial charge in [0.25, 0.3) is 5.78 Å². The van der Waals surface area contributed by atoms with Gasteiger partial charge in [0.1, 0.15) is 23.0 Å². The van der Waals surface area contributed by atoms with Crippen LogP contribution in [0.15, 0.2) is 72.3 Å². The molecule has 0 spiro atoms. The molecule has 2 heterocycles. The molecule has 194 valence electrons. The lowest BCUT2D eigenvalue weighted by Gasteiger charge is -2.23. The Bertz CT molecular complexity index is 1530. The third-order valence-electron chi connectivity index (χ3n) is 6.18. The molecule has 0 bridgehead atoms. The molecule has 0 unspecified atom stereocenters. The SMILES string of the molecule is CCOc1ccc([C@@H]2/C(=C(\O)c3ccc(OC)cc3)C(=O)C(=O)N2c2nc3ccc(OCC)cc3s2)cc1. The molecule has 38 heavy (non-hydrogen) atoms. The van der Waals surface area contributed by atoms with Gasteiger partial charge in [-0.15, -0.1) is 0 Å². The van der Waals surface area contributed by atoms with Crippen molar-refractivity contribution in [3.05, 3.63) is 83.4 Å². The number of hydrogen-bond donors (Lipinski definition) is 1. The second kappa shape index (κ2) is 10.5. The van der Waals surface area contributed by atoms with Crippen molar-refractivity contribution >= 4 is 44.1 Å². The minimum atomic E-state index is -0.889. The number of Topliss-reactive ketones (excluding diaryl/α,β-unsaturated/α-hetero) is 1. The Balaban J connectivity index is 1.66. The van der Waals surface area contributed by atoms with Crippen LogP contribution in [0.2, 0.25) is 0 Å². The normalized spacial score (nSPS) is 16.7. The molecule has 0 aliphatic carbocycles. The highest BCUT2D eigenvalue weighted by Gasteiger charge is 2.48. The maximum atomic E-state index is 13.5. The summed E-state index contributed by atoms with van der Waals surface area (Å²) in [6.45, 7) is 4.82. The van der Waals surface area contributed by atoms with Crippen LogP contribution < -0.4 is 19.1 Å². The molecule has 8 nitrogen and oxygen atoms in total. The summed E-state index contributed by atoms with van der Waals surface area (Å²) in [5.41, 5.74) is 1.69. The van der Waals surface area contributed by atoms with E-state index in [-0.39, 0.29) is 11.3 Å². The van der Waals surface area contributed by atoms with Gasteiger partial charge >= 0.3 is 5.91 Å². The Kier molecular flexibility index (Phi) is 7.02. The molecule has 1 aromatic heterocycles. The Morgan fingerprint density at radius 1 is 0.921 bits per heavy atom. The average molecular weight is 531 g/mol. The molecule has 1 atom stereocenters. The van der Waals surface area contributed by atoms with Gasteiger partial charge in [-0.3, -0.25) is 14.5 Å². The highest BCUT2D eigenvalue weighted by atomic mass is 32.1. The number of carbonyl (C=O) groups excluding carboxylic acids is 2. The summed E-state index contributed by atoms with van der Waals surface area (Å²) in [7, 11) is 1.54. The van der Waals surface area contributed by atoms with Crippen molar-refractivity contribution < 1.29 is 28.9 Å². The van der Waals surface area contributed by atoms with Crippen molar-refractivity contribution in [2.24, 2.45) is 0 Å². The molecule has 1 saturated heterocycles. The van der Waals surface area contributed by atoms with Gasteiger partial charge in [-0.25, -0.2) is 4.98 Å². The zero-order chi connectivity index (χ0) is 26.8. The lowest BCUT2D eigenvalue weighted by atomic mass is 9.95. The molecule has 9 heteroatoms. The summed E-state index contributed by atoms with van der Waals surface area (Å²) in [4.78, 5) is 32.9. The van der Waals surface area contributed by atoms with E-state index in [9.17, 15) is 14.7 Å². The molecule has 0 saturated carbocycles. The van der Waals surface area contributed by atoms with Crippen molar-refractivity contribution in [2.45, 2.75) is 19.9 Å². The average Bonchev–Trinajstić information content (AvgIpc) is 3.47. The van der Waals surface area contributed by atoms with Crippen molar-refractivity contribution in [1.29, 1.82) is 0 Å². The first-order valence-electron chi connectivity index (χ1n) is 12.2. The molecule has 1 amide bonds. The van der Waals surface area contributed by atoms with Crippen molar-refractivity contribution in [2.75, 3.05) is 25.2 Å². The van der Waals surface area contributed by atoms with Crippen LogP contribution >= 0.6 is 11.3 Å². The maximum Gasteiger partial charge on any atom is 0.301 e. The topological polar surface area (TPSA) is 98.2 Å². The fourth-order valence-corrected chi connectivity index (χ4v) is 5.44. The van der Waals surface area contributed by atoms with Crippen molar-refractivity contribution in [3.8, 4) is 17.2 Å². The number of carbonyl (C=O) groups is 2. The smallest absolute Gasteiger partial charge is 0.301 e. The van der Waals surface area contributed by atoms with Crippen LogP contribution in [0, 0.1) is 0 Å². The number of ketones is 1. The quantitative estimate of drug-likeness (QED) is 0.177. The van der Waals surface area contributed by atoms with Crippen LogP contribution in [0.3, 0.4) is 0 Å². The van der Waals surface area contributed by atoms with Crippen LogP contribution in [0.5, 0.6) is 17.2 Å². The van der Waals surface area contributed by atoms with Gasteiger partial charge in [0, 0.05) is 5.56 Å². The predicted octanol–water partition coefficient (Wildman–Crippen LogP) is 5.73. The van der Waals surface area contributed by atoms with Gasteiger partial charge in [0.15, 0.2) is 5.13 Å². The summed E-state index contributed by atoms with van der Waals surface area (Å²) in [6, 6.07) is 18.4. The molecular formula is C29H26N2O6S. The second-order valence-corrected chi connectivity index (χ2v) is 9.47. The number of benzene rings is 3. The second-order valence-electron chi connectivity index (χ2n) is 8.46. The third-order valence-corrected chi connectivity index (χ3v) is 7.20. The number of aliphatic hydroxyl groups is 1. The van der Waals surface area contributed by atoms with Crippen LogP contribution in [0.25, 0.3) is 16.0 Å². The highest BCUT2D eigenvalue weighted by molar-refractivity contribution is 7.22. The van der Waals surface area contributed by atoms with E-state index in [0.29, 0.717) is 52.2 Å². The van der Waals surface area contributed by atoms with Gasteiger partial charge < -0.3 is 19.3 Å². The zero-order valence-electron chi connectivity index (χ0n) is 21.1. The Morgan fingerprint density at radius 3 is 2.21 bits per heavy atom. The minimum absolute atomic E-state index is 0.0152. The molecule has 0 radical (unpaired) electrons. The van der Waals surface area contributed by atoms with Crippen LogP contribution in [0.1, 0.15) is 31.0 Å². The van der Waals surface area contributed by atoms with Crippen LogP contribution in [-0.4, -0.2) is 42.1 Å². The largest absolute Gasteiger partial charge is 0.507 e. The number of rotatable bonds is 8. The van der Waals surface area contributed by atoms with Gasteiger partial charge in [-0.05, 0) is 74.0 Å². The lowest BCUT2D eigenvalue weighted by molar-refractivity contribution is -0.132. The molecule has 5 rings (SSSR count). The molecule has 1 aliphatic heterocycles. The lowest BCUT2D eigenvalue weighted by Crippen LogP contribution is -2.29. The molecule has 1 N–H and O–H groups in total. The highest BCUT2D eigenvalue weighted by Crippen LogP contribution is 2.45. The number of thiazole rings is 1. The maximum absolute atomic E-state index is 13.5. The van der Waals surface area contributed by atoms with E-state index in [4.69, 9.17) is 14.2 Å². The summed E-state index contributed by atoms with van der Waals surface area (Å²) in [5.74, 6) is 0.138. The predicted molar refractivity (Wildman–Crippen MR) is 146 cm³/mol. The van der Waals surface area contributed by atoms with Crippen LogP contribution in [0.4, 0.5) is 5.13 Å². The monoisotopic (exact) mass is 530 g/mol. The first-order chi connectivity index (χ1) is 18.4. The number of amides is 1. The molecule has 4 aromatic rings. The summed E-state index contributed by atoms with van der Waals surface area (Å²) in [5, 5.41) is 11.7. The first-order valence-corrected chi connectivity index (χ1v) is 13.0. The van der Waals surface area contributed by atoms with E-state index in [1.807, 2.05) is 32.0 Å². The van der Waals surface area contributed by atoms with Gasteiger partial charge in [0.2, 0.25) is 0 Å². The zero-order valence-corrected chi connectivity index (χ0v) is 22.0. The number of aliphatic hydroxyl groups excluding tert-OH is 1. The molecule has 1 aliphatic rings. The number of fused-ring (bicyclic) bond motifs is 1. The van der Waals surface area contributed by atoms with Gasteiger partial charge in [-0.1, -0.05) is 23.5 Å². The van der Waals surface area contributed by atoms with E-state index in [2.05, 4.69) is 4.98 Å². The van der Waals surface area contributed by atoms with Crippen LogP contribution in [-0.2, 0) is 9.59 Å². The molecule has 3 aromatic carbocycles. The Labute approximate surface area is 223 Å². The number of ether oxygens (including phenoxy) is 3. The van der Waals surface area contributed by atoms with E-state index >= 15 is 0 Å². The molecule has 1 fully saturated rings. The van der Waals surface area contributed by atoms with E-state index in [1.54, 1.807) is 55.6 Å². The standard InChI is InChI=1S/C29H26N2O6S/c1-4-36-20-12-6-17(7-13-20)25-24(26(32)18-8-10-19(35-3)11-9-18)27(33)28(34)31(25)29-30-22-15-14-21(37-5-2)16-23(22)38-29/h6-16,25,32H,4-5H2,1-3H3/b26-24+/t25-/m1/s1. The first kappa shape index (κ1) is 25.3.